The first-order chi connectivity index (χ1) is 16.4. The Kier molecular flexibility index (Phi) is 7.59. The summed E-state index contributed by atoms with van der Waals surface area (Å²) in [4.78, 5) is 12.4. The second-order valence-electron chi connectivity index (χ2n) is 7.52. The van der Waals surface area contributed by atoms with Gasteiger partial charge in [0.05, 0.1) is 35.6 Å². The molecule has 0 radical (unpaired) electrons. The van der Waals surface area contributed by atoms with Crippen molar-refractivity contribution in [2.45, 2.75) is 32.1 Å². The number of hydrogen-bond donors (Lipinski definition) is 0. The molecule has 1 aliphatic rings. The summed E-state index contributed by atoms with van der Waals surface area (Å²) in [6.45, 7) is 5.19. The van der Waals surface area contributed by atoms with E-state index in [4.69, 9.17) is 25.8 Å². The van der Waals surface area contributed by atoms with Gasteiger partial charge in [-0.25, -0.2) is 23.4 Å². The van der Waals surface area contributed by atoms with Crippen molar-refractivity contribution in [3.05, 3.63) is 41.3 Å². The van der Waals surface area contributed by atoms with Crippen LogP contribution in [0.4, 0.5) is 0 Å². The Labute approximate surface area is 202 Å². The summed E-state index contributed by atoms with van der Waals surface area (Å²) in [6, 6.07) is 1.41. The molecule has 3 aromatic heterocycles. The van der Waals surface area contributed by atoms with Crippen LogP contribution in [0.5, 0.6) is 11.6 Å². The quantitative estimate of drug-likeness (QED) is 0.402. The smallest absolute Gasteiger partial charge is 0.257 e. The molecule has 0 aliphatic carbocycles. The fraction of sp³-hybridized carbons (Fsp3) is 0.476. The van der Waals surface area contributed by atoms with Crippen LogP contribution in [-0.4, -0.2) is 70.3 Å². The summed E-state index contributed by atoms with van der Waals surface area (Å²) in [6.07, 6.45) is 4.64. The van der Waals surface area contributed by atoms with Gasteiger partial charge in [-0.05, 0) is 19.9 Å². The highest BCUT2D eigenvalue weighted by atomic mass is 35.5. The van der Waals surface area contributed by atoms with Crippen LogP contribution >= 0.6 is 11.6 Å². The van der Waals surface area contributed by atoms with E-state index in [1.807, 2.05) is 13.8 Å². The lowest BCUT2D eigenvalue weighted by molar-refractivity contribution is 0.0912. The number of rotatable bonds is 10. The van der Waals surface area contributed by atoms with Crippen molar-refractivity contribution in [3.8, 4) is 23.0 Å². The van der Waals surface area contributed by atoms with E-state index in [1.165, 1.54) is 12.4 Å². The summed E-state index contributed by atoms with van der Waals surface area (Å²) in [5.41, 5.74) is 0.628. The van der Waals surface area contributed by atoms with Gasteiger partial charge in [0.25, 0.3) is 5.88 Å². The van der Waals surface area contributed by atoms with Crippen LogP contribution in [0, 0.1) is 0 Å². The minimum atomic E-state index is -3.55. The molecule has 11 nitrogen and oxygen atoms in total. The largest absolute Gasteiger partial charge is 0.485 e. The molecule has 0 bridgehead atoms. The third-order valence-electron chi connectivity index (χ3n) is 5.12. The summed E-state index contributed by atoms with van der Waals surface area (Å²) in [5.74, 6) is 1.55. The Bertz CT molecular complexity index is 1230. The minimum Gasteiger partial charge on any atom is -0.485 e. The summed E-state index contributed by atoms with van der Waals surface area (Å²) in [7, 11) is -3.55. The lowest BCUT2D eigenvalue weighted by Gasteiger charge is -2.19. The third kappa shape index (κ3) is 5.45. The third-order valence-corrected chi connectivity index (χ3v) is 6.84. The van der Waals surface area contributed by atoms with Gasteiger partial charge in [0, 0.05) is 31.6 Å². The van der Waals surface area contributed by atoms with Crippen LogP contribution in [-0.2, 0) is 26.7 Å². The van der Waals surface area contributed by atoms with E-state index in [2.05, 4.69) is 25.1 Å². The van der Waals surface area contributed by atoms with Crippen molar-refractivity contribution in [2.24, 2.45) is 0 Å². The number of hydrogen-bond acceptors (Lipinski definition) is 10. The maximum Gasteiger partial charge on any atom is 0.257 e. The number of halogens is 1. The van der Waals surface area contributed by atoms with Crippen molar-refractivity contribution in [1.29, 1.82) is 0 Å². The van der Waals surface area contributed by atoms with Gasteiger partial charge in [-0.15, -0.1) is 10.2 Å². The molecule has 0 aromatic carbocycles. The van der Waals surface area contributed by atoms with Crippen LogP contribution in [0.3, 0.4) is 0 Å². The van der Waals surface area contributed by atoms with Gasteiger partial charge in [-0.1, -0.05) is 11.6 Å². The monoisotopic (exact) mass is 508 g/mol. The highest BCUT2D eigenvalue weighted by Crippen LogP contribution is 2.40. The van der Waals surface area contributed by atoms with Crippen molar-refractivity contribution in [3.63, 3.8) is 0 Å². The second-order valence-corrected chi connectivity index (χ2v) is 10.1. The van der Waals surface area contributed by atoms with Crippen LogP contribution < -0.4 is 9.47 Å². The first-order valence-electron chi connectivity index (χ1n) is 10.8. The summed E-state index contributed by atoms with van der Waals surface area (Å²) < 4.78 is 45.0. The van der Waals surface area contributed by atoms with Gasteiger partial charge in [0.15, 0.2) is 21.4 Å². The topological polar surface area (TPSA) is 131 Å². The lowest BCUT2D eigenvalue weighted by Crippen LogP contribution is -2.25. The normalized spacial score (nSPS) is 15.2. The summed E-state index contributed by atoms with van der Waals surface area (Å²) >= 11 is 5.80. The first kappa shape index (κ1) is 24.3. The van der Waals surface area contributed by atoms with Crippen molar-refractivity contribution < 1.29 is 22.6 Å². The van der Waals surface area contributed by atoms with Gasteiger partial charge in [0.1, 0.15) is 24.0 Å². The van der Waals surface area contributed by atoms with Crippen LogP contribution in [0.2, 0.25) is 5.02 Å². The molecular weight excluding hydrogens is 484 g/mol. The number of sulfone groups is 1. The summed E-state index contributed by atoms with van der Waals surface area (Å²) in [5, 5.41) is 8.95. The molecular formula is C21H25ClN6O5S. The molecule has 0 saturated carbocycles. The molecule has 0 saturated heterocycles. The van der Waals surface area contributed by atoms with E-state index >= 15 is 0 Å². The van der Waals surface area contributed by atoms with Gasteiger partial charge >= 0.3 is 0 Å². The highest BCUT2D eigenvalue weighted by molar-refractivity contribution is 7.90. The van der Waals surface area contributed by atoms with E-state index in [9.17, 15) is 8.42 Å². The number of pyridine rings is 1. The zero-order valence-electron chi connectivity index (χ0n) is 18.8. The Balaban J connectivity index is 1.64. The molecule has 4 rings (SSSR count). The fourth-order valence-electron chi connectivity index (χ4n) is 3.59. The molecule has 4 heterocycles. The highest BCUT2D eigenvalue weighted by Gasteiger charge is 2.31. The molecule has 0 spiro atoms. The Morgan fingerprint density at radius 2 is 1.97 bits per heavy atom. The number of fused-ring (bicyclic) bond motifs is 3. The molecule has 0 fully saturated rings. The Morgan fingerprint density at radius 1 is 1.18 bits per heavy atom. The van der Waals surface area contributed by atoms with E-state index in [0.29, 0.717) is 59.5 Å². The molecule has 1 atom stereocenters. The fourth-order valence-corrected chi connectivity index (χ4v) is 4.91. The number of aromatic nitrogens is 6. The Hall–Kier alpha value is -2.83. The standard InChI is InChI=1S/C21H25ClN6O5S/c1-3-31-11-15-12-33-19-16(5-7-23-21(19)32-4-2)20-27-26-18(28(15)20)13-34(29,30)8-6-17-24-9-14(22)10-25-17/h5,7,9-10,15H,3-4,6,8,11-13H2,1-2H3/t15-/m0/s1. The van der Waals surface area contributed by atoms with Gasteiger partial charge < -0.3 is 18.8 Å². The maximum atomic E-state index is 13.0. The number of nitrogens with zero attached hydrogens (tertiary/aromatic N) is 6. The van der Waals surface area contributed by atoms with Crippen molar-refractivity contribution >= 4 is 21.4 Å². The van der Waals surface area contributed by atoms with Gasteiger partial charge in [-0.3, -0.25) is 0 Å². The molecule has 13 heteroatoms. The average Bonchev–Trinajstić information content (AvgIpc) is 3.14. The molecule has 1 aliphatic heterocycles. The SMILES string of the molecule is CCOC[C@H]1COc2c(ccnc2OCC)-c2nnc(CS(=O)(=O)CCc3ncc(Cl)cn3)n21. The van der Waals surface area contributed by atoms with Crippen LogP contribution in [0.25, 0.3) is 11.4 Å². The van der Waals surface area contributed by atoms with E-state index in [1.54, 1.807) is 16.8 Å². The predicted octanol–water partition coefficient (Wildman–Crippen LogP) is 2.31. The second kappa shape index (κ2) is 10.6. The van der Waals surface area contributed by atoms with E-state index < -0.39 is 9.84 Å². The molecule has 182 valence electrons. The van der Waals surface area contributed by atoms with E-state index in [0.717, 1.165) is 0 Å². The number of ether oxygens (including phenoxy) is 3. The van der Waals surface area contributed by atoms with Crippen LogP contribution in [0.15, 0.2) is 24.7 Å². The minimum absolute atomic E-state index is 0.140. The maximum absolute atomic E-state index is 13.0. The number of aryl methyl sites for hydroxylation is 1. The molecule has 0 N–H and O–H groups in total. The zero-order chi connectivity index (χ0) is 24.1. The Morgan fingerprint density at radius 3 is 2.71 bits per heavy atom. The molecule has 3 aromatic rings. The molecule has 34 heavy (non-hydrogen) atoms. The first-order valence-corrected chi connectivity index (χ1v) is 13.0. The predicted molar refractivity (Wildman–Crippen MR) is 124 cm³/mol. The average molecular weight is 509 g/mol. The van der Waals surface area contributed by atoms with Crippen LogP contribution in [0.1, 0.15) is 31.5 Å². The lowest BCUT2D eigenvalue weighted by atomic mass is 10.2. The van der Waals surface area contributed by atoms with Gasteiger partial charge in [0.2, 0.25) is 0 Å². The van der Waals surface area contributed by atoms with Crippen molar-refractivity contribution in [2.75, 3.05) is 32.2 Å². The van der Waals surface area contributed by atoms with E-state index in [-0.39, 0.29) is 30.6 Å². The molecule has 0 amide bonds. The van der Waals surface area contributed by atoms with Gasteiger partial charge in [-0.2, -0.15) is 0 Å². The molecule has 0 unspecified atom stereocenters. The zero-order valence-corrected chi connectivity index (χ0v) is 20.4. The van der Waals surface area contributed by atoms with Crippen molar-refractivity contribution in [1.82, 2.24) is 29.7 Å².